The van der Waals surface area contributed by atoms with Crippen molar-refractivity contribution in [3.8, 4) is 11.5 Å². The zero-order valence-electron chi connectivity index (χ0n) is 12.1. The number of hydrazone groups is 1. The summed E-state index contributed by atoms with van der Waals surface area (Å²) in [6.07, 6.45) is 1.47. The predicted octanol–water partition coefficient (Wildman–Crippen LogP) is 2.28. The number of aryl methyl sites for hydroxylation is 1. The van der Waals surface area contributed by atoms with E-state index in [1.165, 1.54) is 18.3 Å². The molecule has 22 heavy (non-hydrogen) atoms. The summed E-state index contributed by atoms with van der Waals surface area (Å²) in [4.78, 5) is 17.9. The molecule has 0 aliphatic heterocycles. The molecule has 7 nitrogen and oxygen atoms in total. The molecule has 1 heterocycles. The summed E-state index contributed by atoms with van der Waals surface area (Å²) in [5.41, 5.74) is 3.55. The van der Waals surface area contributed by atoms with E-state index in [9.17, 15) is 9.90 Å². The standard InChI is InChI=1S/C14H15ClN4O3/c1-3-22-11-6-9(5-10(15)13(11)21)7-16-19-14-17-8(2)4-12(20)18-14/h4-7,21H,3H2,1-2H3,(H2,17,18,19,20)/b16-7-. The van der Waals surface area contributed by atoms with Crippen molar-refractivity contribution in [2.75, 3.05) is 12.0 Å². The van der Waals surface area contributed by atoms with Gasteiger partial charge in [0, 0.05) is 11.8 Å². The van der Waals surface area contributed by atoms with E-state index in [0.29, 0.717) is 17.9 Å². The van der Waals surface area contributed by atoms with Crippen LogP contribution >= 0.6 is 11.6 Å². The average molecular weight is 323 g/mol. The Balaban J connectivity index is 2.17. The van der Waals surface area contributed by atoms with Crippen LogP contribution in [0, 0.1) is 6.92 Å². The molecular formula is C14H15ClN4O3. The first-order valence-electron chi connectivity index (χ1n) is 6.52. The Morgan fingerprint density at radius 2 is 2.27 bits per heavy atom. The molecule has 0 aliphatic rings. The SMILES string of the molecule is CCOc1cc(/C=N\Nc2nc(C)cc(=O)[nH]2)cc(Cl)c1O. The van der Waals surface area contributed by atoms with Gasteiger partial charge >= 0.3 is 0 Å². The van der Waals surface area contributed by atoms with Crippen molar-refractivity contribution in [2.24, 2.45) is 5.10 Å². The van der Waals surface area contributed by atoms with Crippen molar-refractivity contribution in [2.45, 2.75) is 13.8 Å². The van der Waals surface area contributed by atoms with Crippen LogP contribution in [0.15, 0.2) is 28.1 Å². The topological polar surface area (TPSA) is 99.6 Å². The number of aromatic hydroxyl groups is 1. The molecule has 0 aliphatic carbocycles. The monoisotopic (exact) mass is 322 g/mol. The number of ether oxygens (including phenoxy) is 1. The number of aromatic amines is 1. The maximum absolute atomic E-state index is 11.3. The van der Waals surface area contributed by atoms with E-state index < -0.39 is 0 Å². The van der Waals surface area contributed by atoms with Crippen LogP contribution in [0.1, 0.15) is 18.2 Å². The van der Waals surface area contributed by atoms with E-state index in [4.69, 9.17) is 16.3 Å². The number of hydrogen-bond donors (Lipinski definition) is 3. The van der Waals surface area contributed by atoms with Crippen LogP contribution in [0.5, 0.6) is 11.5 Å². The highest BCUT2D eigenvalue weighted by atomic mass is 35.5. The minimum atomic E-state index is -0.267. The molecule has 0 bridgehead atoms. The lowest BCUT2D eigenvalue weighted by molar-refractivity contribution is 0.318. The number of phenolic OH excluding ortho intramolecular Hbond substituents is 1. The highest BCUT2D eigenvalue weighted by molar-refractivity contribution is 6.32. The molecule has 1 aromatic carbocycles. The lowest BCUT2D eigenvalue weighted by atomic mass is 10.2. The van der Waals surface area contributed by atoms with Gasteiger partial charge in [-0.3, -0.25) is 9.78 Å². The number of rotatable bonds is 5. The first kappa shape index (κ1) is 15.8. The minimum Gasteiger partial charge on any atom is -0.503 e. The van der Waals surface area contributed by atoms with E-state index in [-0.39, 0.29) is 28.0 Å². The number of anilines is 1. The van der Waals surface area contributed by atoms with Gasteiger partial charge in [0.1, 0.15) is 0 Å². The Bertz CT molecular complexity index is 758. The number of benzene rings is 1. The van der Waals surface area contributed by atoms with Gasteiger partial charge in [-0.2, -0.15) is 5.10 Å². The van der Waals surface area contributed by atoms with Gasteiger partial charge in [-0.25, -0.2) is 10.4 Å². The summed E-state index contributed by atoms with van der Waals surface area (Å²) in [5, 5.41) is 13.9. The normalized spacial score (nSPS) is 10.9. The van der Waals surface area contributed by atoms with Gasteiger partial charge in [0.15, 0.2) is 11.5 Å². The molecule has 0 amide bonds. The van der Waals surface area contributed by atoms with E-state index in [1.54, 1.807) is 19.9 Å². The fraction of sp³-hybridized carbons (Fsp3) is 0.214. The molecule has 1 aromatic heterocycles. The third kappa shape index (κ3) is 3.98. The van der Waals surface area contributed by atoms with E-state index >= 15 is 0 Å². The number of H-pyrrole nitrogens is 1. The summed E-state index contributed by atoms with van der Waals surface area (Å²) in [6.45, 7) is 3.91. The molecule has 3 N–H and O–H groups in total. The van der Waals surface area contributed by atoms with Gasteiger partial charge in [0.25, 0.3) is 5.56 Å². The highest BCUT2D eigenvalue weighted by Gasteiger charge is 2.08. The Morgan fingerprint density at radius 3 is 2.95 bits per heavy atom. The number of aromatic nitrogens is 2. The predicted molar refractivity (Wildman–Crippen MR) is 85.1 cm³/mol. The maximum Gasteiger partial charge on any atom is 0.252 e. The molecule has 0 spiro atoms. The molecule has 0 unspecified atom stereocenters. The first-order valence-corrected chi connectivity index (χ1v) is 6.89. The molecular weight excluding hydrogens is 308 g/mol. The zero-order chi connectivity index (χ0) is 16.1. The summed E-state index contributed by atoms with van der Waals surface area (Å²) >= 11 is 5.92. The first-order chi connectivity index (χ1) is 10.5. The van der Waals surface area contributed by atoms with Crippen LogP contribution in [0.2, 0.25) is 5.02 Å². The minimum absolute atomic E-state index is 0.113. The van der Waals surface area contributed by atoms with Crippen molar-refractivity contribution in [3.63, 3.8) is 0 Å². The second kappa shape index (κ2) is 6.95. The van der Waals surface area contributed by atoms with E-state index in [1.807, 2.05) is 0 Å². The van der Waals surface area contributed by atoms with Crippen molar-refractivity contribution in [1.82, 2.24) is 9.97 Å². The van der Waals surface area contributed by atoms with Crippen molar-refractivity contribution in [3.05, 3.63) is 44.8 Å². The molecule has 0 radical (unpaired) electrons. The van der Waals surface area contributed by atoms with Crippen LogP contribution in [-0.2, 0) is 0 Å². The largest absolute Gasteiger partial charge is 0.503 e. The second-order valence-electron chi connectivity index (χ2n) is 4.39. The molecule has 0 saturated carbocycles. The Kier molecular flexibility index (Phi) is 5.00. The fourth-order valence-corrected chi connectivity index (χ4v) is 1.95. The van der Waals surface area contributed by atoms with Gasteiger partial charge in [-0.15, -0.1) is 0 Å². The van der Waals surface area contributed by atoms with Crippen molar-refractivity contribution >= 4 is 23.8 Å². The Hall–Kier alpha value is -2.54. The second-order valence-corrected chi connectivity index (χ2v) is 4.80. The van der Waals surface area contributed by atoms with Crippen LogP contribution in [0.4, 0.5) is 5.95 Å². The van der Waals surface area contributed by atoms with E-state index in [0.717, 1.165) is 0 Å². The number of phenols is 1. The molecule has 8 heteroatoms. The third-order valence-electron chi connectivity index (χ3n) is 2.60. The summed E-state index contributed by atoms with van der Waals surface area (Å²) in [6, 6.07) is 4.52. The molecule has 0 saturated heterocycles. The number of halogens is 1. The van der Waals surface area contributed by atoms with Gasteiger partial charge in [0.05, 0.1) is 17.8 Å². The number of nitrogens with zero attached hydrogens (tertiary/aromatic N) is 2. The fourth-order valence-electron chi connectivity index (χ4n) is 1.73. The highest BCUT2D eigenvalue weighted by Crippen LogP contribution is 2.34. The van der Waals surface area contributed by atoms with Gasteiger partial charge < -0.3 is 9.84 Å². The molecule has 2 aromatic rings. The number of nitrogens with one attached hydrogen (secondary N) is 2. The molecule has 2 rings (SSSR count). The van der Waals surface area contributed by atoms with Crippen LogP contribution < -0.4 is 15.7 Å². The Labute approximate surface area is 131 Å². The molecule has 0 fully saturated rings. The number of hydrogen-bond acceptors (Lipinski definition) is 6. The van der Waals surface area contributed by atoms with Gasteiger partial charge in [0.2, 0.25) is 5.95 Å². The lowest BCUT2D eigenvalue weighted by Crippen LogP contribution is -2.10. The van der Waals surface area contributed by atoms with Crippen LogP contribution in [0.25, 0.3) is 0 Å². The zero-order valence-corrected chi connectivity index (χ0v) is 12.8. The van der Waals surface area contributed by atoms with Crippen LogP contribution in [-0.4, -0.2) is 27.9 Å². The molecule has 116 valence electrons. The third-order valence-corrected chi connectivity index (χ3v) is 2.89. The van der Waals surface area contributed by atoms with Crippen LogP contribution in [0.3, 0.4) is 0 Å². The van der Waals surface area contributed by atoms with Crippen molar-refractivity contribution in [1.29, 1.82) is 0 Å². The Morgan fingerprint density at radius 1 is 1.50 bits per heavy atom. The van der Waals surface area contributed by atoms with E-state index in [2.05, 4.69) is 20.5 Å². The van der Waals surface area contributed by atoms with Crippen molar-refractivity contribution < 1.29 is 9.84 Å². The quantitative estimate of drug-likeness (QED) is 0.579. The summed E-state index contributed by atoms with van der Waals surface area (Å²) in [5.74, 6) is 0.396. The summed E-state index contributed by atoms with van der Waals surface area (Å²) < 4.78 is 5.28. The smallest absolute Gasteiger partial charge is 0.252 e. The van der Waals surface area contributed by atoms with Gasteiger partial charge in [-0.05, 0) is 31.5 Å². The maximum atomic E-state index is 11.3. The summed E-state index contributed by atoms with van der Waals surface area (Å²) in [7, 11) is 0. The molecule has 0 atom stereocenters. The average Bonchev–Trinajstić information content (AvgIpc) is 2.43. The lowest BCUT2D eigenvalue weighted by Gasteiger charge is -2.08. The van der Waals surface area contributed by atoms with Gasteiger partial charge in [-0.1, -0.05) is 11.6 Å².